The molecule has 7 heteroatoms. The van der Waals surface area contributed by atoms with E-state index < -0.39 is 34.6 Å². The van der Waals surface area contributed by atoms with Gasteiger partial charge in [0.05, 0.1) is 6.61 Å². The normalized spacial score (nSPS) is 14.3. The highest BCUT2D eigenvalue weighted by Gasteiger charge is 2.50. The molecule has 0 aliphatic heterocycles. The molecular weight excluding hydrogens is 521 g/mol. The number of unbranched alkanes of at least 4 members (excludes halogenated alkanes) is 1. The molecule has 0 bridgehead atoms. The maximum absolute atomic E-state index is 12.5. The van der Waals surface area contributed by atoms with Gasteiger partial charge in [0.15, 0.2) is 14.1 Å². The first-order valence-corrected chi connectivity index (χ1v) is 18.7. The minimum Gasteiger partial charge on any atom is -0.407 e. The summed E-state index contributed by atoms with van der Waals surface area (Å²) < 4.78 is 12.8. The minimum absolute atomic E-state index is 0.0592. The van der Waals surface area contributed by atoms with Crippen molar-refractivity contribution in [2.75, 3.05) is 13.2 Å². The molecule has 0 heterocycles. The highest BCUT2D eigenvalue weighted by atomic mass is 28.4. The lowest BCUT2D eigenvalue weighted by molar-refractivity contribution is -0.131. The molecule has 5 nitrogen and oxygen atoms in total. The molecule has 2 N–H and O–H groups in total. The van der Waals surface area contributed by atoms with Crippen LogP contribution in [0.4, 0.5) is 0 Å². The molecule has 0 fully saturated rings. The summed E-state index contributed by atoms with van der Waals surface area (Å²) in [5, 5.41) is 22.9. The Balaban J connectivity index is 1.96. The first-order valence-electron chi connectivity index (χ1n) is 13.9. The molecule has 0 saturated heterocycles. The predicted octanol–water partition coefficient (Wildman–Crippen LogP) is 5.05. The second-order valence-corrected chi connectivity index (χ2v) is 21.8. The molecule has 0 spiro atoms. The molecule has 0 unspecified atom stereocenters. The zero-order valence-electron chi connectivity index (χ0n) is 25.1. The van der Waals surface area contributed by atoms with Crippen LogP contribution in [0.5, 0.6) is 0 Å². The fourth-order valence-electron chi connectivity index (χ4n) is 4.37. The van der Waals surface area contributed by atoms with Crippen molar-refractivity contribution in [1.82, 2.24) is 0 Å². The maximum atomic E-state index is 12.5. The van der Waals surface area contributed by atoms with Gasteiger partial charge in [-0.15, -0.1) is 0 Å². The Morgan fingerprint density at radius 2 is 1.33 bits per heavy atom. The molecule has 39 heavy (non-hydrogen) atoms. The molecular formula is C32H48O5Si2. The van der Waals surface area contributed by atoms with Gasteiger partial charge in [-0.3, -0.25) is 4.79 Å². The van der Waals surface area contributed by atoms with Gasteiger partial charge in [0.1, 0.15) is 12.2 Å². The van der Waals surface area contributed by atoms with E-state index >= 15 is 0 Å². The molecule has 0 amide bonds. The van der Waals surface area contributed by atoms with Gasteiger partial charge in [-0.05, 0) is 46.4 Å². The van der Waals surface area contributed by atoms with Crippen molar-refractivity contribution in [1.29, 1.82) is 0 Å². The summed E-state index contributed by atoms with van der Waals surface area (Å²) in [6.45, 7) is 18.1. The van der Waals surface area contributed by atoms with Crippen molar-refractivity contribution in [2.24, 2.45) is 0 Å². The fourth-order valence-corrected chi connectivity index (χ4v) is 9.84. The number of rotatable bonds is 12. The Morgan fingerprint density at radius 3 is 1.79 bits per heavy atom. The Labute approximate surface area is 238 Å². The summed E-state index contributed by atoms with van der Waals surface area (Å²) in [6.07, 6.45) is -1.56. The standard InChI is InChI=1S/C32H48O5Si2/c1-31(2,3)38(7,8)36-25-17-23-29(34)30(35)28(33)22-15-16-24-37-39(32(4,5)6,26-18-11-9-12-19-26)27-20-13-10-14-21-27/h9-14,18-21,29-30,34-35H,15-16,22,24-25H2,1-8H3/t29-,30-/m0/s1. The minimum atomic E-state index is -2.61. The molecule has 0 radical (unpaired) electrons. The zero-order valence-corrected chi connectivity index (χ0v) is 27.1. The van der Waals surface area contributed by atoms with E-state index in [1.165, 1.54) is 10.4 Å². The molecule has 0 saturated carbocycles. The quantitative estimate of drug-likeness (QED) is 0.213. The van der Waals surface area contributed by atoms with Crippen molar-refractivity contribution in [3.63, 3.8) is 0 Å². The Morgan fingerprint density at radius 1 is 0.821 bits per heavy atom. The number of aliphatic hydroxyl groups is 2. The van der Waals surface area contributed by atoms with Gasteiger partial charge in [0.2, 0.25) is 0 Å². The lowest BCUT2D eigenvalue weighted by Crippen LogP contribution is -2.66. The smallest absolute Gasteiger partial charge is 0.261 e. The third-order valence-electron chi connectivity index (χ3n) is 7.74. The van der Waals surface area contributed by atoms with Crippen LogP contribution < -0.4 is 10.4 Å². The number of carbonyl (C=O) groups excluding carboxylic acids is 1. The second kappa shape index (κ2) is 14.0. The topological polar surface area (TPSA) is 76.0 Å². The van der Waals surface area contributed by atoms with Gasteiger partial charge in [-0.2, -0.15) is 0 Å². The molecule has 214 valence electrons. The molecule has 2 rings (SSSR count). The molecule has 0 aliphatic carbocycles. The van der Waals surface area contributed by atoms with Crippen molar-refractivity contribution in [3.8, 4) is 11.8 Å². The van der Waals surface area contributed by atoms with E-state index in [1.54, 1.807) is 0 Å². The molecule has 2 aromatic rings. The third-order valence-corrected chi connectivity index (χ3v) is 17.3. The Bertz CT molecular complexity index is 1050. The van der Waals surface area contributed by atoms with Gasteiger partial charge in [0.25, 0.3) is 8.32 Å². The van der Waals surface area contributed by atoms with Crippen LogP contribution in [0.25, 0.3) is 0 Å². The summed E-state index contributed by atoms with van der Waals surface area (Å²) in [5.41, 5.74) is 0. The Hall–Kier alpha value is -2.06. The van der Waals surface area contributed by atoms with Crippen LogP contribution >= 0.6 is 0 Å². The largest absolute Gasteiger partial charge is 0.407 e. The van der Waals surface area contributed by atoms with Gasteiger partial charge in [-0.25, -0.2) is 0 Å². The number of Topliss-reactive ketones (excluding diaryl/α,β-unsaturated/α-hetero) is 1. The number of aliphatic hydroxyl groups excluding tert-OH is 2. The number of benzene rings is 2. The van der Waals surface area contributed by atoms with E-state index in [0.717, 1.165) is 0 Å². The van der Waals surface area contributed by atoms with Gasteiger partial charge >= 0.3 is 0 Å². The lowest BCUT2D eigenvalue weighted by Gasteiger charge is -2.43. The Kier molecular flexibility index (Phi) is 11.9. The van der Waals surface area contributed by atoms with E-state index in [9.17, 15) is 15.0 Å². The molecule has 2 atom stereocenters. The van der Waals surface area contributed by atoms with Crippen molar-refractivity contribution in [2.45, 2.75) is 96.2 Å². The second-order valence-electron chi connectivity index (χ2n) is 12.7. The highest BCUT2D eigenvalue weighted by molar-refractivity contribution is 6.99. The van der Waals surface area contributed by atoms with Crippen LogP contribution in [-0.4, -0.2) is 58.1 Å². The average molecular weight is 569 g/mol. The van der Waals surface area contributed by atoms with E-state index in [-0.39, 0.29) is 23.1 Å². The maximum Gasteiger partial charge on any atom is 0.261 e. The van der Waals surface area contributed by atoms with Gasteiger partial charge < -0.3 is 19.1 Å². The van der Waals surface area contributed by atoms with E-state index in [1.807, 2.05) is 12.1 Å². The predicted molar refractivity (Wildman–Crippen MR) is 165 cm³/mol. The van der Waals surface area contributed by atoms with E-state index in [0.29, 0.717) is 19.4 Å². The zero-order chi connectivity index (χ0) is 29.3. The average Bonchev–Trinajstić information content (AvgIpc) is 2.87. The summed E-state index contributed by atoms with van der Waals surface area (Å²) in [4.78, 5) is 12.5. The van der Waals surface area contributed by atoms with E-state index in [2.05, 4.69) is 115 Å². The number of hydrogen-bond acceptors (Lipinski definition) is 5. The van der Waals surface area contributed by atoms with Crippen LogP contribution in [0, 0.1) is 11.8 Å². The van der Waals surface area contributed by atoms with Crippen LogP contribution in [0.1, 0.15) is 60.8 Å². The number of ketones is 1. The summed E-state index contributed by atoms with van der Waals surface area (Å²) >= 11 is 0. The van der Waals surface area contributed by atoms with E-state index in [4.69, 9.17) is 8.85 Å². The van der Waals surface area contributed by atoms with Gasteiger partial charge in [-0.1, -0.05) is 114 Å². The summed E-state index contributed by atoms with van der Waals surface area (Å²) in [5.74, 6) is 4.94. The molecule has 0 aliphatic rings. The van der Waals surface area contributed by atoms with Crippen LogP contribution in [0.2, 0.25) is 23.2 Å². The number of carbonyl (C=O) groups is 1. The van der Waals surface area contributed by atoms with Crippen LogP contribution in [0.15, 0.2) is 60.7 Å². The monoisotopic (exact) mass is 568 g/mol. The first kappa shape index (κ1) is 33.2. The molecule has 0 aromatic heterocycles. The van der Waals surface area contributed by atoms with Crippen molar-refractivity contribution < 1.29 is 23.9 Å². The van der Waals surface area contributed by atoms with Crippen molar-refractivity contribution in [3.05, 3.63) is 60.7 Å². The molecule has 2 aromatic carbocycles. The third kappa shape index (κ3) is 8.71. The summed E-state index contributed by atoms with van der Waals surface area (Å²) in [7, 11) is -4.56. The summed E-state index contributed by atoms with van der Waals surface area (Å²) in [6, 6.07) is 20.9. The lowest BCUT2D eigenvalue weighted by atomic mass is 10.0. The van der Waals surface area contributed by atoms with Crippen molar-refractivity contribution >= 4 is 32.8 Å². The SMILES string of the molecule is CC(C)(C)[Si](C)(C)OCC#C[C@H](O)[C@@H](O)C(=O)CCCCO[Si](c1ccccc1)(c1ccccc1)C(C)(C)C. The van der Waals surface area contributed by atoms with Crippen LogP contribution in [-0.2, 0) is 13.6 Å². The van der Waals surface area contributed by atoms with Crippen LogP contribution in [0.3, 0.4) is 0 Å². The van der Waals surface area contributed by atoms with Gasteiger partial charge in [0, 0.05) is 13.0 Å². The number of hydrogen-bond donors (Lipinski definition) is 2. The first-order chi connectivity index (χ1) is 18.1. The highest BCUT2D eigenvalue weighted by Crippen LogP contribution is 2.37. The fraction of sp³-hybridized carbons (Fsp3) is 0.531.